The summed E-state index contributed by atoms with van der Waals surface area (Å²) in [4.78, 5) is 24.2. The van der Waals surface area contributed by atoms with Crippen molar-refractivity contribution in [1.82, 2.24) is 5.43 Å². The van der Waals surface area contributed by atoms with Crippen molar-refractivity contribution in [3.8, 4) is 5.75 Å². The molecule has 0 aliphatic carbocycles. The predicted molar refractivity (Wildman–Crippen MR) is 122 cm³/mol. The first-order valence-electron chi connectivity index (χ1n) is 9.08. The Morgan fingerprint density at radius 1 is 1.10 bits per heavy atom. The summed E-state index contributed by atoms with van der Waals surface area (Å²) in [6.45, 7) is 5.46. The Morgan fingerprint density at radius 3 is 2.55 bits per heavy atom. The molecule has 0 aromatic heterocycles. The van der Waals surface area contributed by atoms with Gasteiger partial charge < -0.3 is 10.1 Å². The van der Waals surface area contributed by atoms with E-state index in [2.05, 4.69) is 47.7 Å². The van der Waals surface area contributed by atoms with E-state index in [0.717, 1.165) is 32.2 Å². The zero-order chi connectivity index (χ0) is 21.4. The van der Waals surface area contributed by atoms with Crippen molar-refractivity contribution in [3.63, 3.8) is 0 Å². The Labute approximate surface area is 187 Å². The highest BCUT2D eigenvalue weighted by Crippen LogP contribution is 2.31. The van der Waals surface area contributed by atoms with E-state index < -0.39 is 5.91 Å². The lowest BCUT2D eigenvalue weighted by Gasteiger charge is -2.10. The number of anilines is 1. The van der Waals surface area contributed by atoms with E-state index >= 15 is 0 Å². The molecule has 2 amide bonds. The number of hydrazone groups is 1. The third-order valence-electron chi connectivity index (χ3n) is 4.03. The number of benzene rings is 2. The van der Waals surface area contributed by atoms with Gasteiger partial charge in [-0.3, -0.25) is 9.59 Å². The minimum absolute atomic E-state index is 0.0800. The lowest BCUT2D eigenvalue weighted by Crippen LogP contribution is -2.26. The maximum atomic E-state index is 12.2. The average Bonchev–Trinajstić information content (AvgIpc) is 2.68. The van der Waals surface area contributed by atoms with Crippen molar-refractivity contribution in [2.45, 2.75) is 33.6 Å². The van der Waals surface area contributed by atoms with Crippen LogP contribution in [0.1, 0.15) is 31.4 Å². The molecule has 0 saturated heterocycles. The fourth-order valence-electron chi connectivity index (χ4n) is 2.49. The average molecular weight is 525 g/mol. The van der Waals surface area contributed by atoms with E-state index in [1.165, 1.54) is 0 Å². The quantitative estimate of drug-likeness (QED) is 0.377. The maximum Gasteiger partial charge on any atom is 0.277 e. The standard InChI is InChI=1S/C21H23Br2N3O3/c1-4-15-7-5-6-8-18(15)24-20(27)10-14(3)25-26-21(28)12-29-19-9-13(2)16(22)11-17(19)23/h5-9,11H,4,10,12H2,1-3H3,(H,24,27)(H,26,28)/b25-14-. The lowest BCUT2D eigenvalue weighted by atomic mass is 10.1. The molecule has 0 aliphatic heterocycles. The number of carbonyl (C=O) groups is 2. The van der Waals surface area contributed by atoms with Crippen LogP contribution in [-0.2, 0) is 16.0 Å². The fraction of sp³-hybridized carbons (Fsp3) is 0.286. The van der Waals surface area contributed by atoms with Crippen molar-refractivity contribution in [1.29, 1.82) is 0 Å². The number of para-hydroxylation sites is 1. The van der Waals surface area contributed by atoms with Gasteiger partial charge in [0.2, 0.25) is 5.91 Å². The van der Waals surface area contributed by atoms with Gasteiger partial charge in [-0.25, -0.2) is 5.43 Å². The van der Waals surface area contributed by atoms with Gasteiger partial charge in [0.1, 0.15) is 5.75 Å². The minimum Gasteiger partial charge on any atom is -0.483 e. The molecule has 0 bridgehead atoms. The SMILES string of the molecule is CCc1ccccc1NC(=O)C/C(C)=N\NC(=O)COc1cc(C)c(Br)cc1Br. The number of halogens is 2. The first-order valence-corrected chi connectivity index (χ1v) is 10.7. The van der Waals surface area contributed by atoms with Crippen LogP contribution in [0.25, 0.3) is 0 Å². The summed E-state index contributed by atoms with van der Waals surface area (Å²) < 4.78 is 7.21. The third kappa shape index (κ3) is 7.29. The smallest absolute Gasteiger partial charge is 0.277 e. The van der Waals surface area contributed by atoms with E-state index in [9.17, 15) is 9.59 Å². The maximum absolute atomic E-state index is 12.2. The lowest BCUT2D eigenvalue weighted by molar-refractivity contribution is -0.123. The molecule has 0 radical (unpaired) electrons. The highest BCUT2D eigenvalue weighted by Gasteiger charge is 2.10. The van der Waals surface area contributed by atoms with Gasteiger partial charge in [0.25, 0.3) is 5.91 Å². The van der Waals surface area contributed by atoms with Crippen LogP contribution in [0.15, 0.2) is 50.4 Å². The van der Waals surface area contributed by atoms with Gasteiger partial charge in [0.15, 0.2) is 6.61 Å². The monoisotopic (exact) mass is 523 g/mol. The van der Waals surface area contributed by atoms with Crippen LogP contribution < -0.4 is 15.5 Å². The van der Waals surface area contributed by atoms with Gasteiger partial charge in [-0.2, -0.15) is 5.10 Å². The van der Waals surface area contributed by atoms with E-state index in [1.807, 2.05) is 50.2 Å². The second-order valence-electron chi connectivity index (χ2n) is 6.44. The van der Waals surface area contributed by atoms with Crippen LogP contribution >= 0.6 is 31.9 Å². The number of nitrogens with one attached hydrogen (secondary N) is 2. The van der Waals surface area contributed by atoms with Crippen LogP contribution in [-0.4, -0.2) is 24.1 Å². The summed E-state index contributed by atoms with van der Waals surface area (Å²) in [7, 11) is 0. The second kappa shape index (κ2) is 11.1. The summed E-state index contributed by atoms with van der Waals surface area (Å²) in [5, 5.41) is 6.85. The highest BCUT2D eigenvalue weighted by atomic mass is 79.9. The van der Waals surface area contributed by atoms with E-state index in [-0.39, 0.29) is 18.9 Å². The van der Waals surface area contributed by atoms with Gasteiger partial charge in [0, 0.05) is 15.9 Å². The normalized spacial score (nSPS) is 11.1. The third-order valence-corrected chi connectivity index (χ3v) is 5.51. The Bertz CT molecular complexity index is 929. The molecular formula is C21H23Br2N3O3. The number of hydrogen-bond acceptors (Lipinski definition) is 4. The fourth-order valence-corrected chi connectivity index (χ4v) is 3.60. The zero-order valence-electron chi connectivity index (χ0n) is 16.5. The molecule has 8 heteroatoms. The van der Waals surface area contributed by atoms with Crippen LogP contribution in [0, 0.1) is 6.92 Å². The van der Waals surface area contributed by atoms with E-state index in [4.69, 9.17) is 4.74 Å². The Balaban J connectivity index is 1.83. The van der Waals surface area contributed by atoms with Gasteiger partial charge in [-0.05, 0) is 65.5 Å². The van der Waals surface area contributed by atoms with Crippen LogP contribution in [0.4, 0.5) is 5.69 Å². The molecule has 0 fully saturated rings. The molecule has 6 nitrogen and oxygen atoms in total. The second-order valence-corrected chi connectivity index (χ2v) is 8.15. The zero-order valence-corrected chi connectivity index (χ0v) is 19.7. The van der Waals surface area contributed by atoms with Crippen molar-refractivity contribution in [2.24, 2.45) is 5.10 Å². The summed E-state index contributed by atoms with van der Waals surface area (Å²) in [5.41, 5.74) is 5.75. The number of ether oxygens (including phenoxy) is 1. The molecule has 2 aromatic rings. The molecule has 0 unspecified atom stereocenters. The number of nitrogens with zero attached hydrogens (tertiary/aromatic N) is 1. The van der Waals surface area contributed by atoms with Crippen molar-refractivity contribution < 1.29 is 14.3 Å². The number of carbonyl (C=O) groups excluding carboxylic acids is 2. The molecular weight excluding hydrogens is 502 g/mol. The van der Waals surface area contributed by atoms with Crippen LogP contribution in [0.2, 0.25) is 0 Å². The summed E-state index contributed by atoms with van der Waals surface area (Å²) in [6, 6.07) is 11.3. The minimum atomic E-state index is -0.409. The molecule has 0 aliphatic rings. The molecule has 154 valence electrons. The molecule has 0 atom stereocenters. The largest absolute Gasteiger partial charge is 0.483 e. The van der Waals surface area contributed by atoms with E-state index in [1.54, 1.807) is 6.92 Å². The van der Waals surface area contributed by atoms with E-state index in [0.29, 0.717) is 11.5 Å². The molecule has 2 rings (SSSR count). The summed E-state index contributed by atoms with van der Waals surface area (Å²) in [5.74, 6) is -0.0315. The highest BCUT2D eigenvalue weighted by molar-refractivity contribution is 9.11. The molecule has 0 heterocycles. The van der Waals surface area contributed by atoms with Crippen molar-refractivity contribution >= 4 is 55.1 Å². The Morgan fingerprint density at radius 2 is 1.83 bits per heavy atom. The molecule has 29 heavy (non-hydrogen) atoms. The Kier molecular flexibility index (Phi) is 8.85. The number of rotatable bonds is 8. The first-order chi connectivity index (χ1) is 13.8. The summed E-state index contributed by atoms with van der Waals surface area (Å²) >= 11 is 6.83. The van der Waals surface area contributed by atoms with Crippen LogP contribution in [0.5, 0.6) is 5.75 Å². The predicted octanol–water partition coefficient (Wildman–Crippen LogP) is 4.98. The van der Waals surface area contributed by atoms with Crippen molar-refractivity contribution in [3.05, 3.63) is 56.5 Å². The van der Waals surface area contributed by atoms with Gasteiger partial charge in [-0.1, -0.05) is 41.1 Å². The van der Waals surface area contributed by atoms with Gasteiger partial charge in [-0.15, -0.1) is 0 Å². The topological polar surface area (TPSA) is 79.8 Å². The molecule has 2 N–H and O–H groups in total. The summed E-state index contributed by atoms with van der Waals surface area (Å²) in [6.07, 6.45) is 0.907. The van der Waals surface area contributed by atoms with Crippen molar-refractivity contribution in [2.75, 3.05) is 11.9 Å². The molecule has 0 saturated carbocycles. The van der Waals surface area contributed by atoms with Gasteiger partial charge in [0.05, 0.1) is 10.9 Å². The van der Waals surface area contributed by atoms with Gasteiger partial charge >= 0.3 is 0 Å². The molecule has 2 aromatic carbocycles. The number of aryl methyl sites for hydroxylation is 2. The van der Waals surface area contributed by atoms with Crippen LogP contribution in [0.3, 0.4) is 0 Å². The molecule has 0 spiro atoms. The first kappa shape index (κ1) is 23.1. The Hall–Kier alpha value is -2.19. The number of amides is 2. The number of hydrogen-bond donors (Lipinski definition) is 2.